The van der Waals surface area contributed by atoms with Crippen LogP contribution in [0.2, 0.25) is 0 Å². The van der Waals surface area contributed by atoms with E-state index in [0.717, 1.165) is 5.56 Å². The summed E-state index contributed by atoms with van der Waals surface area (Å²) in [7, 11) is 0. The molecule has 0 saturated carbocycles. The van der Waals surface area contributed by atoms with Gasteiger partial charge in [0.25, 0.3) is 5.69 Å². The molecule has 1 heterocycles. The molecule has 1 saturated heterocycles. The lowest BCUT2D eigenvalue weighted by molar-refractivity contribution is -0.385. The fourth-order valence-corrected chi connectivity index (χ4v) is 3.74. The maximum absolute atomic E-state index is 13.1. The van der Waals surface area contributed by atoms with Gasteiger partial charge in [-0.15, -0.1) is 0 Å². The third-order valence-electron chi connectivity index (χ3n) is 5.65. The number of carbonyl (C=O) groups excluding carboxylic acids is 2. The first-order valence-electron chi connectivity index (χ1n) is 9.84. The standard InChI is InChI=1S/C22H26N4O4/c1-22(2,18-6-4-3-5-7-18)21(28)25-12-10-24(11-13-25)15-17-9-8-16(20(23)27)14-19(17)26(29)30/h3-9,14H,10-13,15H2,1-2H3,(H2,23,27). The zero-order valence-electron chi connectivity index (χ0n) is 17.2. The second-order valence-electron chi connectivity index (χ2n) is 8.02. The predicted octanol–water partition coefficient (Wildman–Crippen LogP) is 2.32. The van der Waals surface area contributed by atoms with Gasteiger partial charge in [-0.25, -0.2) is 0 Å². The Balaban J connectivity index is 1.66. The lowest BCUT2D eigenvalue weighted by atomic mass is 9.83. The molecule has 8 heteroatoms. The van der Waals surface area contributed by atoms with Gasteiger partial charge in [-0.1, -0.05) is 36.4 Å². The number of carbonyl (C=O) groups is 2. The van der Waals surface area contributed by atoms with E-state index in [1.165, 1.54) is 12.1 Å². The summed E-state index contributed by atoms with van der Waals surface area (Å²) in [4.78, 5) is 39.3. The first kappa shape index (κ1) is 21.4. The van der Waals surface area contributed by atoms with Gasteiger partial charge in [-0.05, 0) is 25.5 Å². The van der Waals surface area contributed by atoms with Gasteiger partial charge in [0.05, 0.1) is 10.3 Å². The summed E-state index contributed by atoms with van der Waals surface area (Å²) >= 11 is 0. The Labute approximate surface area is 175 Å². The van der Waals surface area contributed by atoms with E-state index in [-0.39, 0.29) is 17.2 Å². The van der Waals surface area contributed by atoms with E-state index >= 15 is 0 Å². The molecular weight excluding hydrogens is 384 g/mol. The van der Waals surface area contributed by atoms with Crippen molar-refractivity contribution in [2.75, 3.05) is 26.2 Å². The summed E-state index contributed by atoms with van der Waals surface area (Å²) in [6.45, 7) is 6.59. The number of nitro groups is 1. The van der Waals surface area contributed by atoms with Crippen LogP contribution in [-0.4, -0.2) is 52.7 Å². The van der Waals surface area contributed by atoms with Crippen LogP contribution in [0.15, 0.2) is 48.5 Å². The maximum Gasteiger partial charge on any atom is 0.274 e. The normalized spacial score (nSPS) is 15.1. The van der Waals surface area contributed by atoms with Gasteiger partial charge >= 0.3 is 0 Å². The number of nitrogens with zero attached hydrogens (tertiary/aromatic N) is 3. The summed E-state index contributed by atoms with van der Waals surface area (Å²) in [6.07, 6.45) is 0. The Morgan fingerprint density at radius 3 is 2.27 bits per heavy atom. The van der Waals surface area contributed by atoms with Crippen LogP contribution in [-0.2, 0) is 16.8 Å². The summed E-state index contributed by atoms with van der Waals surface area (Å²) in [5.74, 6) is -0.622. The Morgan fingerprint density at radius 1 is 1.07 bits per heavy atom. The minimum atomic E-state index is -0.696. The molecule has 0 spiro atoms. The van der Waals surface area contributed by atoms with Crippen molar-refractivity contribution in [3.8, 4) is 0 Å². The molecule has 2 N–H and O–H groups in total. The zero-order chi connectivity index (χ0) is 21.9. The molecule has 0 unspecified atom stereocenters. The molecule has 2 aromatic rings. The smallest absolute Gasteiger partial charge is 0.274 e. The highest BCUT2D eigenvalue weighted by Crippen LogP contribution is 2.27. The maximum atomic E-state index is 13.1. The third kappa shape index (κ3) is 4.49. The highest BCUT2D eigenvalue weighted by Gasteiger charge is 2.35. The van der Waals surface area contributed by atoms with Crippen LogP contribution in [0.4, 0.5) is 5.69 Å². The Bertz CT molecular complexity index is 951. The Kier molecular flexibility index (Phi) is 6.17. The summed E-state index contributed by atoms with van der Waals surface area (Å²) in [5.41, 5.74) is 6.11. The van der Waals surface area contributed by atoms with Crippen molar-refractivity contribution in [3.05, 3.63) is 75.3 Å². The van der Waals surface area contributed by atoms with Crippen LogP contribution < -0.4 is 5.73 Å². The molecule has 158 valence electrons. The van der Waals surface area contributed by atoms with E-state index in [1.54, 1.807) is 6.07 Å². The van der Waals surface area contributed by atoms with Crippen LogP contribution in [0.5, 0.6) is 0 Å². The number of piperazine rings is 1. The minimum absolute atomic E-state index is 0.0742. The van der Waals surface area contributed by atoms with E-state index in [1.807, 2.05) is 49.1 Å². The molecule has 2 amide bonds. The Hall–Kier alpha value is -3.26. The van der Waals surface area contributed by atoms with E-state index in [4.69, 9.17) is 5.73 Å². The average molecular weight is 410 g/mol. The largest absolute Gasteiger partial charge is 0.366 e. The third-order valence-corrected chi connectivity index (χ3v) is 5.65. The SMILES string of the molecule is CC(C)(C(=O)N1CCN(Cc2ccc(C(N)=O)cc2[N+](=O)[O-])CC1)c1ccccc1. The van der Waals surface area contributed by atoms with Crippen molar-refractivity contribution >= 4 is 17.5 Å². The fourth-order valence-electron chi connectivity index (χ4n) is 3.74. The van der Waals surface area contributed by atoms with Gasteiger partial charge in [0, 0.05) is 49.9 Å². The number of amides is 2. The zero-order valence-corrected chi connectivity index (χ0v) is 17.2. The molecule has 30 heavy (non-hydrogen) atoms. The molecule has 1 aliphatic heterocycles. The molecule has 0 aliphatic carbocycles. The predicted molar refractivity (Wildman–Crippen MR) is 113 cm³/mol. The number of nitro benzene ring substituents is 1. The van der Waals surface area contributed by atoms with Crippen molar-refractivity contribution < 1.29 is 14.5 Å². The molecule has 0 bridgehead atoms. The Morgan fingerprint density at radius 2 is 1.70 bits per heavy atom. The fraction of sp³-hybridized carbons (Fsp3) is 0.364. The van der Waals surface area contributed by atoms with Crippen molar-refractivity contribution in [1.82, 2.24) is 9.80 Å². The lowest BCUT2D eigenvalue weighted by Crippen LogP contribution is -2.52. The molecule has 0 atom stereocenters. The highest BCUT2D eigenvalue weighted by atomic mass is 16.6. The number of hydrogen-bond donors (Lipinski definition) is 1. The van der Waals surface area contributed by atoms with Crippen molar-refractivity contribution in [3.63, 3.8) is 0 Å². The number of benzene rings is 2. The van der Waals surface area contributed by atoms with Crippen LogP contribution >= 0.6 is 0 Å². The molecule has 2 aromatic carbocycles. The quantitative estimate of drug-likeness (QED) is 0.580. The second-order valence-corrected chi connectivity index (χ2v) is 8.02. The van der Waals surface area contributed by atoms with Crippen molar-refractivity contribution in [1.29, 1.82) is 0 Å². The number of hydrogen-bond acceptors (Lipinski definition) is 5. The van der Waals surface area contributed by atoms with Crippen LogP contribution in [0, 0.1) is 10.1 Å². The molecule has 1 aliphatic rings. The van der Waals surface area contributed by atoms with E-state index in [9.17, 15) is 19.7 Å². The van der Waals surface area contributed by atoms with Gasteiger partial charge in [-0.3, -0.25) is 24.6 Å². The number of rotatable bonds is 6. The monoisotopic (exact) mass is 410 g/mol. The highest BCUT2D eigenvalue weighted by molar-refractivity contribution is 5.93. The molecule has 0 aromatic heterocycles. The first-order valence-corrected chi connectivity index (χ1v) is 9.84. The molecular formula is C22H26N4O4. The lowest BCUT2D eigenvalue weighted by Gasteiger charge is -2.38. The number of primary amides is 1. The van der Waals surface area contributed by atoms with Crippen LogP contribution in [0.25, 0.3) is 0 Å². The van der Waals surface area contributed by atoms with Gasteiger partial charge in [0.1, 0.15) is 0 Å². The molecule has 1 fully saturated rings. The number of nitrogens with two attached hydrogens (primary N) is 1. The van der Waals surface area contributed by atoms with Gasteiger partial charge < -0.3 is 10.6 Å². The van der Waals surface area contributed by atoms with Gasteiger partial charge in [0.2, 0.25) is 11.8 Å². The molecule has 0 radical (unpaired) electrons. The van der Waals surface area contributed by atoms with Crippen LogP contribution in [0.1, 0.15) is 35.3 Å². The van der Waals surface area contributed by atoms with E-state index in [0.29, 0.717) is 38.3 Å². The molecule has 3 rings (SSSR count). The van der Waals surface area contributed by atoms with Crippen molar-refractivity contribution in [2.24, 2.45) is 5.73 Å². The van der Waals surface area contributed by atoms with Crippen molar-refractivity contribution in [2.45, 2.75) is 25.8 Å². The second kappa shape index (κ2) is 8.62. The van der Waals surface area contributed by atoms with Crippen LogP contribution in [0.3, 0.4) is 0 Å². The summed E-state index contributed by atoms with van der Waals surface area (Å²) in [5, 5.41) is 11.4. The van der Waals surface area contributed by atoms with Gasteiger partial charge in [-0.2, -0.15) is 0 Å². The summed E-state index contributed by atoms with van der Waals surface area (Å²) in [6, 6.07) is 14.0. The molecule has 8 nitrogen and oxygen atoms in total. The van der Waals surface area contributed by atoms with Gasteiger partial charge in [0.15, 0.2) is 0 Å². The summed E-state index contributed by atoms with van der Waals surface area (Å²) < 4.78 is 0. The van der Waals surface area contributed by atoms with E-state index < -0.39 is 16.2 Å². The topological polar surface area (TPSA) is 110 Å². The average Bonchev–Trinajstić information content (AvgIpc) is 2.74. The van der Waals surface area contributed by atoms with E-state index in [2.05, 4.69) is 4.90 Å². The minimum Gasteiger partial charge on any atom is -0.366 e. The first-order chi connectivity index (χ1) is 14.2.